The van der Waals surface area contributed by atoms with Crippen molar-refractivity contribution in [1.82, 2.24) is 0 Å². The van der Waals surface area contributed by atoms with Crippen LogP contribution in [-0.4, -0.2) is 10.2 Å². The van der Waals surface area contributed by atoms with Gasteiger partial charge in [-0.25, -0.2) is 4.79 Å². The summed E-state index contributed by atoms with van der Waals surface area (Å²) in [4.78, 5) is 10.9. The Morgan fingerprint density at radius 2 is 1.93 bits per heavy atom. The Morgan fingerprint density at radius 3 is 2.64 bits per heavy atom. The number of rotatable bonds is 0. The first-order valence-electron chi connectivity index (χ1n) is 4.05. The predicted octanol–water partition coefficient (Wildman–Crippen LogP) is 1.51. The van der Waals surface area contributed by atoms with Crippen LogP contribution in [0.25, 0.3) is 11.0 Å². The third-order valence-electron chi connectivity index (χ3n) is 2.06. The number of aromatic hydroxyl groups is 2. The van der Waals surface area contributed by atoms with Crippen LogP contribution in [0.3, 0.4) is 0 Å². The minimum atomic E-state index is -0.684. The maximum Gasteiger partial charge on any atom is 0.340 e. The fourth-order valence-corrected chi connectivity index (χ4v) is 1.41. The van der Waals surface area contributed by atoms with Gasteiger partial charge in [0.2, 0.25) is 0 Å². The average Bonchev–Trinajstić information content (AvgIpc) is 2.10. The number of phenolic OH excluding ortho intramolecular Hbond substituents is 1. The number of fused-ring (bicyclic) bond motifs is 1. The van der Waals surface area contributed by atoms with Crippen molar-refractivity contribution in [2.75, 3.05) is 0 Å². The molecule has 0 fully saturated rings. The van der Waals surface area contributed by atoms with E-state index in [0.717, 1.165) is 11.6 Å². The van der Waals surface area contributed by atoms with Crippen molar-refractivity contribution >= 4 is 11.0 Å². The van der Waals surface area contributed by atoms with Gasteiger partial charge in [-0.05, 0) is 18.6 Å². The largest absolute Gasteiger partial charge is 0.507 e. The van der Waals surface area contributed by atoms with Crippen LogP contribution in [0.15, 0.2) is 27.4 Å². The average molecular weight is 192 g/mol. The molecule has 2 aromatic rings. The van der Waals surface area contributed by atoms with Gasteiger partial charge in [0.1, 0.15) is 5.75 Å². The number of aryl methyl sites for hydroxylation is 1. The van der Waals surface area contributed by atoms with E-state index in [9.17, 15) is 15.0 Å². The monoisotopic (exact) mass is 192 g/mol. The topological polar surface area (TPSA) is 70.7 Å². The fraction of sp³-hybridized carbons (Fsp3) is 0.100. The molecule has 1 heterocycles. The molecule has 0 saturated heterocycles. The van der Waals surface area contributed by atoms with Crippen LogP contribution in [0.5, 0.6) is 11.5 Å². The maximum absolute atomic E-state index is 10.9. The summed E-state index contributed by atoms with van der Waals surface area (Å²) in [5.41, 5.74) is 0.0740. The lowest BCUT2D eigenvalue weighted by Gasteiger charge is -2.03. The van der Waals surface area contributed by atoms with Crippen molar-refractivity contribution < 1.29 is 14.6 Å². The second-order valence-corrected chi connectivity index (χ2v) is 3.06. The molecule has 0 saturated carbocycles. The first-order chi connectivity index (χ1) is 6.59. The molecule has 2 N–H and O–H groups in total. The van der Waals surface area contributed by atoms with Gasteiger partial charge >= 0.3 is 5.63 Å². The SMILES string of the molecule is Cc1ccc(O)c2oc(=O)cc(O)c12. The van der Waals surface area contributed by atoms with Gasteiger partial charge in [0, 0.05) is 0 Å². The van der Waals surface area contributed by atoms with Crippen molar-refractivity contribution in [1.29, 1.82) is 0 Å². The van der Waals surface area contributed by atoms with E-state index in [1.54, 1.807) is 13.0 Å². The lowest BCUT2D eigenvalue weighted by Crippen LogP contribution is -1.96. The van der Waals surface area contributed by atoms with Gasteiger partial charge in [-0.2, -0.15) is 0 Å². The van der Waals surface area contributed by atoms with Crippen molar-refractivity contribution in [3.05, 3.63) is 34.2 Å². The molecule has 4 heteroatoms. The molecule has 72 valence electrons. The Balaban J connectivity index is 3.07. The summed E-state index contributed by atoms with van der Waals surface area (Å²) >= 11 is 0. The Bertz CT molecular complexity index is 554. The first kappa shape index (κ1) is 8.62. The van der Waals surface area contributed by atoms with Gasteiger partial charge in [0.15, 0.2) is 11.3 Å². The molecular formula is C10H8O4. The van der Waals surface area contributed by atoms with E-state index in [-0.39, 0.29) is 17.1 Å². The minimum Gasteiger partial charge on any atom is -0.507 e. The zero-order chi connectivity index (χ0) is 10.3. The van der Waals surface area contributed by atoms with Crippen LogP contribution in [-0.2, 0) is 0 Å². The van der Waals surface area contributed by atoms with Crippen LogP contribution in [0.1, 0.15) is 5.56 Å². The molecule has 0 aliphatic heterocycles. The molecule has 1 aromatic heterocycles. The van der Waals surface area contributed by atoms with Gasteiger partial charge in [-0.3, -0.25) is 0 Å². The summed E-state index contributed by atoms with van der Waals surface area (Å²) in [5, 5.41) is 19.3. The standard InChI is InChI=1S/C10H8O4/c1-5-2-3-6(11)10-9(5)7(12)4-8(13)14-10/h2-4,11-12H,1H3. The number of hydrogen-bond donors (Lipinski definition) is 2. The summed E-state index contributed by atoms with van der Waals surface area (Å²) in [6, 6.07) is 4.03. The molecule has 2 rings (SSSR count). The molecule has 0 bridgehead atoms. The van der Waals surface area contributed by atoms with Crippen molar-refractivity contribution in [2.45, 2.75) is 6.92 Å². The van der Waals surface area contributed by atoms with Gasteiger partial charge in [-0.15, -0.1) is 0 Å². The summed E-state index contributed by atoms with van der Waals surface area (Å²) in [6.45, 7) is 1.75. The van der Waals surface area contributed by atoms with Gasteiger partial charge in [0.25, 0.3) is 0 Å². The molecule has 14 heavy (non-hydrogen) atoms. The smallest absolute Gasteiger partial charge is 0.340 e. The Labute approximate surface area is 79.0 Å². The highest BCUT2D eigenvalue weighted by molar-refractivity contribution is 5.90. The molecule has 0 radical (unpaired) electrons. The third kappa shape index (κ3) is 1.12. The van der Waals surface area contributed by atoms with Crippen LogP contribution in [0.2, 0.25) is 0 Å². The Kier molecular flexibility index (Phi) is 1.70. The molecule has 1 aromatic carbocycles. The molecule has 0 amide bonds. The summed E-state index contributed by atoms with van der Waals surface area (Å²) in [7, 11) is 0. The van der Waals surface area contributed by atoms with Gasteiger partial charge in [-0.1, -0.05) is 6.07 Å². The summed E-state index contributed by atoms with van der Waals surface area (Å²) in [6.07, 6.45) is 0. The highest BCUT2D eigenvalue weighted by Crippen LogP contribution is 2.31. The summed E-state index contributed by atoms with van der Waals surface area (Å²) < 4.78 is 4.79. The van der Waals surface area contributed by atoms with Crippen LogP contribution in [0, 0.1) is 6.92 Å². The van der Waals surface area contributed by atoms with Crippen molar-refractivity contribution in [3.63, 3.8) is 0 Å². The first-order valence-corrected chi connectivity index (χ1v) is 4.05. The molecule has 0 aliphatic carbocycles. The van der Waals surface area contributed by atoms with E-state index in [1.807, 2.05) is 0 Å². The lowest BCUT2D eigenvalue weighted by molar-refractivity contribution is 0.444. The second kappa shape index (κ2) is 2.77. The van der Waals surface area contributed by atoms with E-state index in [2.05, 4.69) is 0 Å². The summed E-state index contributed by atoms with van der Waals surface area (Å²) in [5.74, 6) is -0.330. The van der Waals surface area contributed by atoms with Crippen molar-refractivity contribution in [3.8, 4) is 11.5 Å². The lowest BCUT2D eigenvalue weighted by atomic mass is 10.1. The van der Waals surface area contributed by atoms with Crippen LogP contribution in [0.4, 0.5) is 0 Å². The van der Waals surface area contributed by atoms with Gasteiger partial charge in [0.05, 0.1) is 11.5 Å². The molecule has 0 spiro atoms. The third-order valence-corrected chi connectivity index (χ3v) is 2.06. The van der Waals surface area contributed by atoms with E-state index in [0.29, 0.717) is 5.39 Å². The second-order valence-electron chi connectivity index (χ2n) is 3.06. The van der Waals surface area contributed by atoms with Crippen LogP contribution < -0.4 is 5.63 Å². The number of benzene rings is 1. The fourth-order valence-electron chi connectivity index (χ4n) is 1.41. The predicted molar refractivity (Wildman–Crippen MR) is 50.6 cm³/mol. The molecule has 4 nitrogen and oxygen atoms in total. The number of phenols is 1. The zero-order valence-corrected chi connectivity index (χ0v) is 7.44. The zero-order valence-electron chi connectivity index (χ0n) is 7.44. The highest BCUT2D eigenvalue weighted by atomic mass is 16.4. The molecular weight excluding hydrogens is 184 g/mol. The van der Waals surface area contributed by atoms with E-state index < -0.39 is 5.63 Å². The molecule has 0 aliphatic rings. The highest BCUT2D eigenvalue weighted by Gasteiger charge is 2.10. The Hall–Kier alpha value is -1.97. The minimum absolute atomic E-state index is 0.0231. The maximum atomic E-state index is 10.9. The molecule has 0 atom stereocenters. The van der Waals surface area contributed by atoms with Crippen molar-refractivity contribution in [2.24, 2.45) is 0 Å². The van der Waals surface area contributed by atoms with E-state index >= 15 is 0 Å². The molecule has 0 unspecified atom stereocenters. The van der Waals surface area contributed by atoms with Gasteiger partial charge < -0.3 is 14.6 Å². The van der Waals surface area contributed by atoms with E-state index in [1.165, 1.54) is 6.07 Å². The Morgan fingerprint density at radius 1 is 1.21 bits per heavy atom. The van der Waals surface area contributed by atoms with Crippen LogP contribution >= 0.6 is 0 Å². The quantitative estimate of drug-likeness (QED) is 0.620. The normalized spacial score (nSPS) is 10.6. The number of hydrogen-bond acceptors (Lipinski definition) is 4. The van der Waals surface area contributed by atoms with E-state index in [4.69, 9.17) is 4.42 Å².